The number of hydrogen-bond donors (Lipinski definition) is 1. The van der Waals surface area contributed by atoms with Gasteiger partial charge in [0, 0.05) is 23.5 Å². The Labute approximate surface area is 100 Å². The molecule has 4 nitrogen and oxygen atoms in total. The highest BCUT2D eigenvalue weighted by Gasteiger charge is 2.09. The largest absolute Gasteiger partial charge is 0.437 e. The number of aromatic nitrogens is 2. The van der Waals surface area contributed by atoms with Gasteiger partial charge in [-0.2, -0.15) is 0 Å². The lowest BCUT2D eigenvalue weighted by atomic mass is 10.1. The summed E-state index contributed by atoms with van der Waals surface area (Å²) >= 11 is 0. The van der Waals surface area contributed by atoms with Gasteiger partial charge in [-0.25, -0.2) is 4.98 Å². The summed E-state index contributed by atoms with van der Waals surface area (Å²) in [5.41, 5.74) is 7.69. The monoisotopic (exact) mass is 229 g/mol. The van der Waals surface area contributed by atoms with E-state index in [9.17, 15) is 0 Å². The Morgan fingerprint density at radius 2 is 2.06 bits per heavy atom. The summed E-state index contributed by atoms with van der Waals surface area (Å²) in [4.78, 5) is 8.35. The summed E-state index contributed by atoms with van der Waals surface area (Å²) in [7, 11) is 0. The number of hydrogen-bond acceptors (Lipinski definition) is 4. The fourth-order valence-corrected chi connectivity index (χ4v) is 1.46. The van der Waals surface area contributed by atoms with Gasteiger partial charge in [-0.3, -0.25) is 4.98 Å². The Bertz CT molecular complexity index is 494. The van der Waals surface area contributed by atoms with Crippen molar-refractivity contribution in [2.24, 2.45) is 5.73 Å². The average molecular weight is 229 g/mol. The number of nitrogens with two attached hydrogens (primary N) is 1. The Kier molecular flexibility index (Phi) is 3.35. The molecule has 2 rings (SSSR count). The topological polar surface area (TPSA) is 61.0 Å². The van der Waals surface area contributed by atoms with Crippen LogP contribution < -0.4 is 10.5 Å². The van der Waals surface area contributed by atoms with Gasteiger partial charge in [0.2, 0.25) is 5.88 Å². The van der Waals surface area contributed by atoms with Gasteiger partial charge in [-0.1, -0.05) is 6.07 Å². The molecule has 0 saturated carbocycles. The maximum atomic E-state index is 5.86. The molecule has 2 aromatic rings. The van der Waals surface area contributed by atoms with Crippen LogP contribution in [0, 0.1) is 6.92 Å². The number of ether oxygens (including phenoxy) is 1. The SMILES string of the molecule is Cc1ccc(Oc2ncccc2C(C)N)cn1. The minimum Gasteiger partial charge on any atom is -0.437 e. The normalized spacial score (nSPS) is 12.2. The number of aryl methyl sites for hydroxylation is 1. The molecule has 17 heavy (non-hydrogen) atoms. The third-order valence-corrected chi connectivity index (χ3v) is 2.39. The number of pyridine rings is 2. The molecular formula is C13H15N3O. The van der Waals surface area contributed by atoms with Crippen LogP contribution in [0.4, 0.5) is 0 Å². The predicted octanol–water partition coefficient (Wildman–Crippen LogP) is 2.60. The van der Waals surface area contributed by atoms with Crippen molar-refractivity contribution >= 4 is 0 Å². The second-order valence-corrected chi connectivity index (χ2v) is 3.92. The van der Waals surface area contributed by atoms with Crippen LogP contribution in [0.25, 0.3) is 0 Å². The van der Waals surface area contributed by atoms with Gasteiger partial charge in [-0.15, -0.1) is 0 Å². The minimum atomic E-state index is -0.114. The first-order valence-electron chi connectivity index (χ1n) is 5.48. The Morgan fingerprint density at radius 3 is 2.71 bits per heavy atom. The molecule has 88 valence electrons. The Balaban J connectivity index is 2.26. The van der Waals surface area contributed by atoms with E-state index in [0.717, 1.165) is 11.3 Å². The van der Waals surface area contributed by atoms with Crippen molar-refractivity contribution in [2.45, 2.75) is 19.9 Å². The van der Waals surface area contributed by atoms with E-state index < -0.39 is 0 Å². The molecule has 0 amide bonds. The maximum Gasteiger partial charge on any atom is 0.224 e. The fourth-order valence-electron chi connectivity index (χ4n) is 1.46. The van der Waals surface area contributed by atoms with Crippen LogP contribution in [0.3, 0.4) is 0 Å². The van der Waals surface area contributed by atoms with E-state index in [4.69, 9.17) is 10.5 Å². The molecule has 4 heteroatoms. The molecule has 1 unspecified atom stereocenters. The summed E-state index contributed by atoms with van der Waals surface area (Å²) in [6, 6.07) is 7.40. The number of nitrogens with zero attached hydrogens (tertiary/aromatic N) is 2. The van der Waals surface area contributed by atoms with Crippen molar-refractivity contribution in [1.29, 1.82) is 0 Å². The fraction of sp³-hybridized carbons (Fsp3) is 0.231. The molecule has 0 radical (unpaired) electrons. The summed E-state index contributed by atoms with van der Waals surface area (Å²) < 4.78 is 5.67. The quantitative estimate of drug-likeness (QED) is 0.878. The zero-order valence-electron chi connectivity index (χ0n) is 9.92. The van der Waals surface area contributed by atoms with E-state index in [1.807, 2.05) is 38.1 Å². The van der Waals surface area contributed by atoms with E-state index in [0.29, 0.717) is 11.6 Å². The molecule has 0 aliphatic carbocycles. The molecule has 0 spiro atoms. The summed E-state index contributed by atoms with van der Waals surface area (Å²) in [6.45, 7) is 3.83. The van der Waals surface area contributed by atoms with Crippen LogP contribution in [-0.2, 0) is 0 Å². The molecule has 2 heterocycles. The van der Waals surface area contributed by atoms with E-state index in [-0.39, 0.29) is 6.04 Å². The van der Waals surface area contributed by atoms with E-state index in [1.54, 1.807) is 12.4 Å². The first-order chi connectivity index (χ1) is 8.16. The second-order valence-electron chi connectivity index (χ2n) is 3.92. The molecule has 0 bridgehead atoms. The van der Waals surface area contributed by atoms with Crippen LogP contribution in [0.2, 0.25) is 0 Å². The Hall–Kier alpha value is -1.94. The van der Waals surface area contributed by atoms with Gasteiger partial charge < -0.3 is 10.5 Å². The van der Waals surface area contributed by atoms with E-state index in [1.165, 1.54) is 0 Å². The van der Waals surface area contributed by atoms with Crippen LogP contribution in [0.1, 0.15) is 24.2 Å². The van der Waals surface area contributed by atoms with Crippen LogP contribution in [0.5, 0.6) is 11.6 Å². The molecular weight excluding hydrogens is 214 g/mol. The average Bonchev–Trinajstić information content (AvgIpc) is 2.32. The standard InChI is InChI=1S/C13H15N3O/c1-9-5-6-11(8-16-9)17-13-12(10(2)14)4-3-7-15-13/h3-8,10H,14H2,1-2H3. The summed E-state index contributed by atoms with van der Waals surface area (Å²) in [5.74, 6) is 1.20. The number of rotatable bonds is 3. The van der Waals surface area contributed by atoms with Crippen LogP contribution in [-0.4, -0.2) is 9.97 Å². The van der Waals surface area contributed by atoms with Gasteiger partial charge in [-0.05, 0) is 32.0 Å². The third kappa shape index (κ3) is 2.79. The van der Waals surface area contributed by atoms with Crippen LogP contribution >= 0.6 is 0 Å². The van der Waals surface area contributed by atoms with Crippen molar-refractivity contribution in [3.8, 4) is 11.6 Å². The molecule has 0 fully saturated rings. The molecule has 0 aliphatic heterocycles. The smallest absolute Gasteiger partial charge is 0.224 e. The van der Waals surface area contributed by atoms with Gasteiger partial charge in [0.15, 0.2) is 0 Å². The summed E-state index contributed by atoms with van der Waals surface area (Å²) in [6.07, 6.45) is 3.36. The second kappa shape index (κ2) is 4.93. The lowest BCUT2D eigenvalue weighted by molar-refractivity contribution is 0.450. The van der Waals surface area contributed by atoms with Crippen molar-refractivity contribution in [3.05, 3.63) is 47.9 Å². The lowest BCUT2D eigenvalue weighted by Crippen LogP contribution is -2.07. The highest BCUT2D eigenvalue weighted by atomic mass is 16.5. The van der Waals surface area contributed by atoms with Gasteiger partial charge in [0.1, 0.15) is 5.75 Å². The molecule has 0 saturated heterocycles. The van der Waals surface area contributed by atoms with Gasteiger partial charge in [0.05, 0.1) is 6.20 Å². The highest BCUT2D eigenvalue weighted by molar-refractivity contribution is 5.33. The maximum absolute atomic E-state index is 5.86. The first-order valence-corrected chi connectivity index (χ1v) is 5.48. The van der Waals surface area contributed by atoms with E-state index in [2.05, 4.69) is 9.97 Å². The Morgan fingerprint density at radius 1 is 1.24 bits per heavy atom. The summed E-state index contributed by atoms with van der Waals surface area (Å²) in [5, 5.41) is 0. The zero-order chi connectivity index (χ0) is 12.3. The van der Waals surface area contributed by atoms with Crippen molar-refractivity contribution < 1.29 is 4.74 Å². The molecule has 0 aliphatic rings. The van der Waals surface area contributed by atoms with Crippen LogP contribution in [0.15, 0.2) is 36.7 Å². The zero-order valence-corrected chi connectivity index (χ0v) is 9.92. The third-order valence-electron chi connectivity index (χ3n) is 2.39. The predicted molar refractivity (Wildman–Crippen MR) is 65.9 cm³/mol. The minimum absolute atomic E-state index is 0.114. The van der Waals surface area contributed by atoms with E-state index >= 15 is 0 Å². The van der Waals surface area contributed by atoms with Crippen molar-refractivity contribution in [3.63, 3.8) is 0 Å². The molecule has 0 aromatic carbocycles. The molecule has 1 atom stereocenters. The molecule has 2 aromatic heterocycles. The molecule has 2 N–H and O–H groups in total. The van der Waals surface area contributed by atoms with Crippen molar-refractivity contribution in [1.82, 2.24) is 9.97 Å². The highest BCUT2D eigenvalue weighted by Crippen LogP contribution is 2.25. The van der Waals surface area contributed by atoms with Gasteiger partial charge in [0.25, 0.3) is 0 Å². The first kappa shape index (κ1) is 11.5. The van der Waals surface area contributed by atoms with Crippen molar-refractivity contribution in [2.75, 3.05) is 0 Å². The lowest BCUT2D eigenvalue weighted by Gasteiger charge is -2.11. The van der Waals surface area contributed by atoms with Gasteiger partial charge >= 0.3 is 0 Å².